The van der Waals surface area contributed by atoms with E-state index in [1.807, 2.05) is 24.3 Å². The van der Waals surface area contributed by atoms with Crippen LogP contribution in [0.1, 0.15) is 41.1 Å². The molecule has 1 aliphatic heterocycles. The van der Waals surface area contributed by atoms with Gasteiger partial charge in [0.05, 0.1) is 19.8 Å². The molecule has 0 radical (unpaired) electrons. The van der Waals surface area contributed by atoms with Crippen molar-refractivity contribution in [3.63, 3.8) is 0 Å². The lowest BCUT2D eigenvalue weighted by molar-refractivity contribution is -0.115. The number of nitrogens with zero attached hydrogens (tertiary/aromatic N) is 1. The molecule has 2 aromatic rings. The van der Waals surface area contributed by atoms with Gasteiger partial charge in [-0.1, -0.05) is 0 Å². The summed E-state index contributed by atoms with van der Waals surface area (Å²) in [5, 5.41) is 3.57. The van der Waals surface area contributed by atoms with Crippen LogP contribution in [0.15, 0.2) is 29.2 Å². The molecule has 1 aromatic carbocycles. The molecule has 6 nitrogen and oxygen atoms in total. The molecule has 3 rings (SSSR count). The molecule has 0 saturated heterocycles. The minimum absolute atomic E-state index is 0.0968. The minimum atomic E-state index is -0.381. The van der Waals surface area contributed by atoms with Crippen molar-refractivity contribution in [2.45, 2.75) is 44.2 Å². The molecule has 1 N–H and O–H groups in total. The number of amides is 1. The van der Waals surface area contributed by atoms with Gasteiger partial charge in [0.25, 0.3) is 0 Å². The second-order valence-corrected chi connectivity index (χ2v) is 9.61. The molecule has 0 spiro atoms. The van der Waals surface area contributed by atoms with Gasteiger partial charge in [-0.25, -0.2) is 4.79 Å². The van der Waals surface area contributed by atoms with E-state index in [0.717, 1.165) is 40.6 Å². The van der Waals surface area contributed by atoms with Crippen LogP contribution >= 0.6 is 23.1 Å². The van der Waals surface area contributed by atoms with E-state index in [2.05, 4.69) is 24.1 Å². The second kappa shape index (κ2) is 10.3. The fraction of sp³-hybridized carbons (Fsp3) is 0.455. The van der Waals surface area contributed by atoms with E-state index in [9.17, 15) is 9.59 Å². The van der Waals surface area contributed by atoms with Crippen molar-refractivity contribution in [3.8, 4) is 5.75 Å². The van der Waals surface area contributed by atoms with E-state index in [1.165, 1.54) is 18.4 Å². The summed E-state index contributed by atoms with van der Waals surface area (Å²) in [6, 6.07) is 8.20. The molecule has 0 unspecified atom stereocenters. The minimum Gasteiger partial charge on any atom is -0.497 e. The summed E-state index contributed by atoms with van der Waals surface area (Å²) >= 11 is 3.11. The Morgan fingerprint density at radius 3 is 2.60 bits per heavy atom. The average Bonchev–Trinajstić information content (AvgIpc) is 3.10. The van der Waals surface area contributed by atoms with Crippen LogP contribution in [-0.2, 0) is 22.5 Å². The number of ether oxygens (including phenoxy) is 2. The van der Waals surface area contributed by atoms with Crippen LogP contribution in [0.2, 0.25) is 0 Å². The van der Waals surface area contributed by atoms with E-state index in [1.54, 1.807) is 18.9 Å². The lowest BCUT2D eigenvalue weighted by Gasteiger charge is -2.30. The third kappa shape index (κ3) is 5.36. The molecule has 0 saturated carbocycles. The van der Waals surface area contributed by atoms with E-state index >= 15 is 0 Å². The zero-order valence-corrected chi connectivity index (χ0v) is 19.5. The highest BCUT2D eigenvalue weighted by Gasteiger charge is 2.29. The Hall–Kier alpha value is -2.03. The Morgan fingerprint density at radius 2 is 1.97 bits per heavy atom. The van der Waals surface area contributed by atoms with Gasteiger partial charge in [0, 0.05) is 41.1 Å². The van der Waals surface area contributed by atoms with Crippen LogP contribution in [0.3, 0.4) is 0 Å². The molecule has 1 aliphatic rings. The number of methoxy groups -OCH3 is 2. The molecular weight excluding hydrogens is 420 g/mol. The molecule has 1 aromatic heterocycles. The van der Waals surface area contributed by atoms with Crippen LogP contribution < -0.4 is 10.1 Å². The summed E-state index contributed by atoms with van der Waals surface area (Å²) in [7, 11) is 3.02. The molecule has 2 heterocycles. The smallest absolute Gasteiger partial charge is 0.341 e. The zero-order chi connectivity index (χ0) is 21.7. The van der Waals surface area contributed by atoms with Gasteiger partial charge in [0.2, 0.25) is 5.91 Å². The predicted octanol–water partition coefficient (Wildman–Crippen LogP) is 4.43. The van der Waals surface area contributed by atoms with Crippen molar-refractivity contribution in [1.29, 1.82) is 0 Å². The van der Waals surface area contributed by atoms with E-state index < -0.39 is 0 Å². The maximum atomic E-state index is 12.6. The maximum absolute atomic E-state index is 12.6. The molecule has 30 heavy (non-hydrogen) atoms. The van der Waals surface area contributed by atoms with E-state index in [0.29, 0.717) is 28.8 Å². The SMILES string of the molecule is COC(=O)c1c(NC(=O)CCSc2ccc(OC)cc2)sc2c1CCN(C(C)C)C2. The summed E-state index contributed by atoms with van der Waals surface area (Å²) in [5.74, 6) is 0.983. The van der Waals surface area contributed by atoms with Gasteiger partial charge in [0.1, 0.15) is 10.8 Å². The Bertz CT molecular complexity index is 893. The van der Waals surface area contributed by atoms with Crippen molar-refractivity contribution in [2.24, 2.45) is 0 Å². The quantitative estimate of drug-likeness (QED) is 0.476. The van der Waals surface area contributed by atoms with E-state index in [4.69, 9.17) is 9.47 Å². The summed E-state index contributed by atoms with van der Waals surface area (Å²) < 4.78 is 10.2. The highest BCUT2D eigenvalue weighted by atomic mass is 32.2. The highest BCUT2D eigenvalue weighted by molar-refractivity contribution is 7.99. The summed E-state index contributed by atoms with van der Waals surface area (Å²) in [6.45, 7) is 6.04. The number of hydrogen-bond donors (Lipinski definition) is 1. The largest absolute Gasteiger partial charge is 0.497 e. The fourth-order valence-corrected chi connectivity index (χ4v) is 5.52. The number of nitrogens with one attached hydrogen (secondary N) is 1. The predicted molar refractivity (Wildman–Crippen MR) is 122 cm³/mol. The van der Waals surface area contributed by atoms with Gasteiger partial charge in [0.15, 0.2) is 0 Å². The van der Waals surface area contributed by atoms with Crippen LogP contribution in [0, 0.1) is 0 Å². The Balaban J connectivity index is 1.64. The number of thioether (sulfide) groups is 1. The average molecular weight is 449 g/mol. The first-order chi connectivity index (χ1) is 14.4. The van der Waals surface area contributed by atoms with Crippen molar-refractivity contribution in [2.75, 3.05) is 31.8 Å². The molecule has 8 heteroatoms. The zero-order valence-electron chi connectivity index (χ0n) is 17.8. The number of fused-ring (bicyclic) bond motifs is 1. The lowest BCUT2D eigenvalue weighted by atomic mass is 10.0. The number of carbonyl (C=O) groups is 2. The Labute approximate surface area is 185 Å². The van der Waals surface area contributed by atoms with Crippen molar-refractivity contribution >= 4 is 40.0 Å². The summed E-state index contributed by atoms with van der Waals surface area (Å²) in [6.07, 6.45) is 1.15. The Kier molecular flexibility index (Phi) is 7.80. The fourth-order valence-electron chi connectivity index (χ4n) is 3.39. The first kappa shape index (κ1) is 22.7. The Morgan fingerprint density at radius 1 is 1.23 bits per heavy atom. The van der Waals surface area contributed by atoms with Gasteiger partial charge in [-0.15, -0.1) is 23.1 Å². The van der Waals surface area contributed by atoms with Gasteiger partial charge in [-0.05, 0) is 50.1 Å². The van der Waals surface area contributed by atoms with Gasteiger partial charge in [-0.3, -0.25) is 9.69 Å². The molecule has 162 valence electrons. The standard InChI is InChI=1S/C22H28N2O4S2/c1-14(2)24-11-9-17-18(13-24)30-21(20(17)22(26)28-4)23-19(25)10-12-29-16-7-5-15(27-3)6-8-16/h5-8,14H,9-13H2,1-4H3,(H,23,25). The summed E-state index contributed by atoms with van der Waals surface area (Å²) in [5.41, 5.74) is 1.55. The first-order valence-corrected chi connectivity index (χ1v) is 11.8. The van der Waals surface area contributed by atoms with Crippen LogP contribution in [-0.4, -0.2) is 49.3 Å². The van der Waals surface area contributed by atoms with Crippen LogP contribution in [0.4, 0.5) is 5.00 Å². The topological polar surface area (TPSA) is 67.9 Å². The number of esters is 1. The van der Waals surface area contributed by atoms with Gasteiger partial charge in [-0.2, -0.15) is 0 Å². The van der Waals surface area contributed by atoms with Crippen molar-refractivity contribution < 1.29 is 19.1 Å². The lowest BCUT2D eigenvalue weighted by Crippen LogP contribution is -2.35. The third-order valence-electron chi connectivity index (χ3n) is 5.12. The van der Waals surface area contributed by atoms with E-state index in [-0.39, 0.29) is 11.9 Å². The highest BCUT2D eigenvalue weighted by Crippen LogP contribution is 2.38. The number of benzene rings is 1. The molecular formula is C22H28N2O4S2. The van der Waals surface area contributed by atoms with Gasteiger partial charge < -0.3 is 14.8 Å². The van der Waals surface area contributed by atoms with Gasteiger partial charge >= 0.3 is 5.97 Å². The number of hydrogen-bond acceptors (Lipinski definition) is 7. The molecule has 1 amide bonds. The normalized spacial score (nSPS) is 13.8. The molecule has 0 aliphatic carbocycles. The number of rotatable bonds is 8. The number of carbonyl (C=O) groups excluding carboxylic acids is 2. The van der Waals surface area contributed by atoms with Crippen molar-refractivity contribution in [1.82, 2.24) is 4.90 Å². The number of anilines is 1. The molecule has 0 fully saturated rings. The third-order valence-corrected chi connectivity index (χ3v) is 7.26. The summed E-state index contributed by atoms with van der Waals surface area (Å²) in [4.78, 5) is 29.6. The van der Waals surface area contributed by atoms with Crippen molar-refractivity contribution in [3.05, 3.63) is 40.3 Å². The monoisotopic (exact) mass is 448 g/mol. The number of thiophene rings is 1. The van der Waals surface area contributed by atoms with Crippen LogP contribution in [0.5, 0.6) is 5.75 Å². The molecule has 0 atom stereocenters. The molecule has 0 bridgehead atoms. The first-order valence-electron chi connectivity index (χ1n) is 9.96. The second-order valence-electron chi connectivity index (χ2n) is 7.34. The maximum Gasteiger partial charge on any atom is 0.341 e. The van der Waals surface area contributed by atoms with Crippen LogP contribution in [0.25, 0.3) is 0 Å².